The van der Waals surface area contributed by atoms with E-state index >= 15 is 0 Å². The lowest BCUT2D eigenvalue weighted by molar-refractivity contribution is 0.571. The van der Waals surface area contributed by atoms with Crippen LogP contribution in [0.5, 0.6) is 0 Å². The molecule has 2 heterocycles. The van der Waals surface area contributed by atoms with Crippen LogP contribution in [0.25, 0.3) is 11.0 Å². The molecule has 5 nitrogen and oxygen atoms in total. The Morgan fingerprint density at radius 2 is 1.83 bits per heavy atom. The molecule has 18 heavy (non-hydrogen) atoms. The summed E-state index contributed by atoms with van der Waals surface area (Å²) in [6.07, 6.45) is 0. The van der Waals surface area contributed by atoms with Crippen molar-refractivity contribution in [3.63, 3.8) is 0 Å². The van der Waals surface area contributed by atoms with Crippen molar-refractivity contribution >= 4 is 22.5 Å². The number of nitrogen functional groups attached to an aromatic ring is 2. The van der Waals surface area contributed by atoms with Crippen molar-refractivity contribution < 1.29 is 0 Å². The summed E-state index contributed by atoms with van der Waals surface area (Å²) in [7, 11) is 0. The Hall–Kier alpha value is -2.35. The highest BCUT2D eigenvalue weighted by Gasteiger charge is 2.18. The second-order valence-electron chi connectivity index (χ2n) is 5.22. The first kappa shape index (κ1) is 12.1. The number of nitriles is 1. The SMILES string of the molecule is CC(C)(C)c1ccc2c(N)c(C#N)c(N)nc2n1. The Balaban J connectivity index is 2.79. The molecule has 0 saturated carbocycles. The molecule has 0 fully saturated rings. The van der Waals surface area contributed by atoms with E-state index in [4.69, 9.17) is 16.7 Å². The number of nitrogens with two attached hydrogens (primary N) is 2. The number of aromatic nitrogens is 2. The third-order valence-corrected chi connectivity index (χ3v) is 2.80. The van der Waals surface area contributed by atoms with Crippen molar-refractivity contribution in [2.45, 2.75) is 26.2 Å². The molecule has 0 aliphatic rings. The van der Waals surface area contributed by atoms with Crippen molar-refractivity contribution in [2.75, 3.05) is 11.5 Å². The van der Waals surface area contributed by atoms with Crippen LogP contribution in [0.15, 0.2) is 12.1 Å². The van der Waals surface area contributed by atoms with Gasteiger partial charge in [0.1, 0.15) is 17.5 Å². The van der Waals surface area contributed by atoms with E-state index in [-0.39, 0.29) is 16.8 Å². The molecule has 0 aliphatic heterocycles. The average molecular weight is 241 g/mol. The number of fused-ring (bicyclic) bond motifs is 1. The molecule has 0 spiro atoms. The summed E-state index contributed by atoms with van der Waals surface area (Å²) < 4.78 is 0. The summed E-state index contributed by atoms with van der Waals surface area (Å²) in [6, 6.07) is 5.70. The van der Waals surface area contributed by atoms with Crippen molar-refractivity contribution in [2.24, 2.45) is 0 Å². The van der Waals surface area contributed by atoms with Gasteiger partial charge in [-0.1, -0.05) is 20.8 Å². The van der Waals surface area contributed by atoms with Crippen molar-refractivity contribution in [3.05, 3.63) is 23.4 Å². The fraction of sp³-hybridized carbons (Fsp3) is 0.308. The first-order chi connectivity index (χ1) is 8.34. The first-order valence-corrected chi connectivity index (χ1v) is 5.61. The standard InChI is InChI=1S/C13H15N5/c1-13(2,3)9-5-4-7-10(15)8(6-14)11(16)18-12(7)17-9/h4-5H,1-3H3,(H4,15,16,17,18). The van der Waals surface area contributed by atoms with Gasteiger partial charge in [-0.15, -0.1) is 0 Å². The number of anilines is 2. The fourth-order valence-corrected chi connectivity index (χ4v) is 1.72. The monoisotopic (exact) mass is 241 g/mol. The second-order valence-corrected chi connectivity index (χ2v) is 5.22. The minimum atomic E-state index is -0.0761. The summed E-state index contributed by atoms with van der Waals surface area (Å²) >= 11 is 0. The molecule has 0 amide bonds. The smallest absolute Gasteiger partial charge is 0.163 e. The van der Waals surface area contributed by atoms with Crippen LogP contribution < -0.4 is 11.5 Å². The molecule has 5 heteroatoms. The molecule has 0 bridgehead atoms. The molecule has 4 N–H and O–H groups in total. The van der Waals surface area contributed by atoms with Gasteiger partial charge in [0.2, 0.25) is 0 Å². The summed E-state index contributed by atoms with van der Waals surface area (Å²) in [6.45, 7) is 6.20. The zero-order valence-corrected chi connectivity index (χ0v) is 10.7. The molecule has 0 aliphatic carbocycles. The predicted molar refractivity (Wildman–Crippen MR) is 71.8 cm³/mol. The minimum absolute atomic E-state index is 0.0761. The lowest BCUT2D eigenvalue weighted by Gasteiger charge is -2.18. The van der Waals surface area contributed by atoms with Crippen molar-refractivity contribution in [1.29, 1.82) is 5.26 Å². The van der Waals surface area contributed by atoms with Crippen LogP contribution in [0.1, 0.15) is 32.0 Å². The molecule has 0 aromatic carbocycles. The van der Waals surface area contributed by atoms with Gasteiger partial charge in [0.05, 0.1) is 5.69 Å². The van der Waals surface area contributed by atoms with E-state index in [1.54, 1.807) is 0 Å². The zero-order valence-electron chi connectivity index (χ0n) is 10.7. The maximum Gasteiger partial charge on any atom is 0.163 e. The van der Waals surface area contributed by atoms with E-state index in [0.29, 0.717) is 16.7 Å². The van der Waals surface area contributed by atoms with E-state index in [1.165, 1.54) is 0 Å². The molecule has 2 aromatic heterocycles. The van der Waals surface area contributed by atoms with Gasteiger partial charge in [0, 0.05) is 16.5 Å². The van der Waals surface area contributed by atoms with Gasteiger partial charge in [-0.2, -0.15) is 5.26 Å². The van der Waals surface area contributed by atoms with E-state index in [1.807, 2.05) is 18.2 Å². The highest BCUT2D eigenvalue weighted by molar-refractivity contribution is 5.93. The Morgan fingerprint density at radius 1 is 1.17 bits per heavy atom. The topological polar surface area (TPSA) is 102 Å². The summed E-state index contributed by atoms with van der Waals surface area (Å²) in [5, 5.41) is 9.63. The third-order valence-electron chi connectivity index (χ3n) is 2.80. The lowest BCUT2D eigenvalue weighted by atomic mass is 9.91. The third kappa shape index (κ3) is 1.82. The van der Waals surface area contributed by atoms with Gasteiger partial charge in [0.15, 0.2) is 5.65 Å². The van der Waals surface area contributed by atoms with Crippen molar-refractivity contribution in [1.82, 2.24) is 9.97 Å². The van der Waals surface area contributed by atoms with Crippen LogP contribution in [0, 0.1) is 11.3 Å². The fourth-order valence-electron chi connectivity index (χ4n) is 1.72. The van der Waals surface area contributed by atoms with Crippen LogP contribution in [-0.4, -0.2) is 9.97 Å². The highest BCUT2D eigenvalue weighted by atomic mass is 14.9. The second kappa shape index (κ2) is 3.84. The number of hydrogen-bond acceptors (Lipinski definition) is 5. The maximum absolute atomic E-state index is 8.97. The molecule has 2 rings (SSSR count). The van der Waals surface area contributed by atoms with E-state index in [0.717, 1.165) is 5.69 Å². The largest absolute Gasteiger partial charge is 0.397 e. The summed E-state index contributed by atoms with van der Waals surface area (Å²) in [4.78, 5) is 8.61. The molecule has 92 valence electrons. The van der Waals surface area contributed by atoms with E-state index < -0.39 is 0 Å². The number of rotatable bonds is 0. The van der Waals surface area contributed by atoms with Crippen LogP contribution in [-0.2, 0) is 5.41 Å². The normalized spacial score (nSPS) is 11.4. The van der Waals surface area contributed by atoms with Crippen LogP contribution in [0.3, 0.4) is 0 Å². The first-order valence-electron chi connectivity index (χ1n) is 5.61. The zero-order chi connectivity index (χ0) is 13.5. The Morgan fingerprint density at radius 3 is 2.39 bits per heavy atom. The summed E-state index contributed by atoms with van der Waals surface area (Å²) in [5.74, 6) is 0.126. The molecule has 0 radical (unpaired) electrons. The van der Waals surface area contributed by atoms with Gasteiger partial charge >= 0.3 is 0 Å². The average Bonchev–Trinajstić information content (AvgIpc) is 2.27. The highest BCUT2D eigenvalue weighted by Crippen LogP contribution is 2.28. The van der Waals surface area contributed by atoms with E-state index in [2.05, 4.69) is 30.7 Å². The lowest BCUT2D eigenvalue weighted by Crippen LogP contribution is -2.14. The Kier molecular flexibility index (Phi) is 2.59. The Bertz CT molecular complexity index is 662. The molecule has 0 saturated heterocycles. The number of nitrogens with zero attached hydrogens (tertiary/aromatic N) is 3. The molecule has 0 atom stereocenters. The van der Waals surface area contributed by atoms with Gasteiger partial charge in [-0.05, 0) is 12.1 Å². The minimum Gasteiger partial charge on any atom is -0.397 e. The van der Waals surface area contributed by atoms with Crippen molar-refractivity contribution in [3.8, 4) is 6.07 Å². The maximum atomic E-state index is 8.97. The van der Waals surface area contributed by atoms with Crippen LogP contribution in [0.2, 0.25) is 0 Å². The van der Waals surface area contributed by atoms with Crippen LogP contribution >= 0.6 is 0 Å². The number of pyridine rings is 2. The summed E-state index contributed by atoms with van der Waals surface area (Å²) in [5.41, 5.74) is 13.5. The molecule has 0 unspecified atom stereocenters. The van der Waals surface area contributed by atoms with Crippen LogP contribution in [0.4, 0.5) is 11.5 Å². The van der Waals surface area contributed by atoms with E-state index in [9.17, 15) is 0 Å². The van der Waals surface area contributed by atoms with Gasteiger partial charge in [-0.25, -0.2) is 9.97 Å². The Labute approximate surface area is 105 Å². The van der Waals surface area contributed by atoms with Gasteiger partial charge < -0.3 is 11.5 Å². The predicted octanol–water partition coefficient (Wildman–Crippen LogP) is 1.96. The molecule has 2 aromatic rings. The quantitative estimate of drug-likeness (QED) is 0.734. The van der Waals surface area contributed by atoms with Gasteiger partial charge in [0.25, 0.3) is 0 Å². The van der Waals surface area contributed by atoms with Gasteiger partial charge in [-0.3, -0.25) is 0 Å². The number of hydrogen-bond donors (Lipinski definition) is 2. The molecular formula is C13H15N5. The molecular weight excluding hydrogens is 226 g/mol.